The third kappa shape index (κ3) is 6.64. The lowest BCUT2D eigenvalue weighted by Gasteiger charge is -2.22. The molecule has 4 aromatic carbocycles. The fraction of sp³-hybridized carbons (Fsp3) is 0.158. The summed E-state index contributed by atoms with van der Waals surface area (Å²) in [5.74, 6) is -7.90. The maximum atomic E-state index is 13.4. The van der Waals surface area contributed by atoms with E-state index in [9.17, 15) is 53.7 Å². The standard InChI is InChI=1S/C23H20O8.C15H8O6/c1-3-6-17(24)30-15-9-5-8-13-19(15)22(27)20-14(21(13)26)10-12(23(28)29)11-16(20)31-18(25)7-4-2;16-9-3-1-2-7-11(9)14(19)12-8(13(7)18)4-6(15(20)21)5-10(12)17/h5,8-11H,3-4,6-7H2,1-2H3,(H,28,29);1-5,16-17H,(H,20,21). The van der Waals surface area contributed by atoms with Crippen molar-refractivity contribution in [3.63, 3.8) is 0 Å². The van der Waals surface area contributed by atoms with Crippen molar-refractivity contribution < 1.29 is 68.3 Å². The molecule has 14 heteroatoms. The zero-order valence-corrected chi connectivity index (χ0v) is 27.5. The Morgan fingerprint density at radius 2 is 0.962 bits per heavy atom. The highest BCUT2D eigenvalue weighted by atomic mass is 16.5. The van der Waals surface area contributed by atoms with Crippen LogP contribution in [0.2, 0.25) is 0 Å². The maximum absolute atomic E-state index is 13.4. The fourth-order valence-electron chi connectivity index (χ4n) is 5.70. The Balaban J connectivity index is 0.000000216. The molecule has 0 amide bonds. The number of phenols is 2. The first kappa shape index (κ1) is 36.3. The van der Waals surface area contributed by atoms with Crippen molar-refractivity contribution >= 4 is 47.0 Å². The van der Waals surface area contributed by atoms with E-state index in [4.69, 9.17) is 14.6 Å². The molecule has 0 saturated heterocycles. The highest BCUT2D eigenvalue weighted by molar-refractivity contribution is 6.31. The number of ketones is 4. The molecule has 0 saturated carbocycles. The van der Waals surface area contributed by atoms with Gasteiger partial charge in [-0.15, -0.1) is 0 Å². The van der Waals surface area contributed by atoms with Gasteiger partial charge in [-0.1, -0.05) is 38.1 Å². The average molecular weight is 709 g/mol. The second-order valence-corrected chi connectivity index (χ2v) is 11.6. The molecule has 0 spiro atoms. The topological polar surface area (TPSA) is 236 Å². The molecule has 0 atom stereocenters. The first-order chi connectivity index (χ1) is 24.7. The van der Waals surface area contributed by atoms with Gasteiger partial charge in [-0.2, -0.15) is 0 Å². The van der Waals surface area contributed by atoms with Gasteiger partial charge in [-0.3, -0.25) is 28.8 Å². The van der Waals surface area contributed by atoms with Gasteiger partial charge in [0, 0.05) is 35.1 Å². The van der Waals surface area contributed by atoms with Crippen LogP contribution in [0.25, 0.3) is 0 Å². The predicted molar refractivity (Wildman–Crippen MR) is 178 cm³/mol. The number of carboxylic acid groups (broad SMARTS) is 2. The third-order valence-electron chi connectivity index (χ3n) is 8.02. The van der Waals surface area contributed by atoms with Crippen molar-refractivity contribution in [2.75, 3.05) is 0 Å². The number of ether oxygens (including phenoxy) is 2. The second kappa shape index (κ2) is 14.5. The van der Waals surface area contributed by atoms with Crippen molar-refractivity contribution in [2.45, 2.75) is 39.5 Å². The molecule has 2 aliphatic carbocycles. The second-order valence-electron chi connectivity index (χ2n) is 11.6. The van der Waals surface area contributed by atoms with E-state index in [0.29, 0.717) is 12.8 Å². The number of aromatic carboxylic acids is 2. The van der Waals surface area contributed by atoms with E-state index in [1.54, 1.807) is 13.8 Å². The lowest BCUT2D eigenvalue weighted by atomic mass is 9.82. The minimum atomic E-state index is -1.34. The van der Waals surface area contributed by atoms with Crippen molar-refractivity contribution in [2.24, 2.45) is 0 Å². The van der Waals surface area contributed by atoms with E-state index in [2.05, 4.69) is 0 Å². The summed E-state index contributed by atoms with van der Waals surface area (Å²) in [4.78, 5) is 97.8. The average Bonchev–Trinajstić information content (AvgIpc) is 3.09. The number of rotatable bonds is 8. The number of hydrogen-bond acceptors (Lipinski definition) is 12. The van der Waals surface area contributed by atoms with Gasteiger partial charge in [0.1, 0.15) is 23.0 Å². The number of aromatic hydroxyl groups is 2. The van der Waals surface area contributed by atoms with Crippen LogP contribution >= 0.6 is 0 Å². The summed E-state index contributed by atoms with van der Waals surface area (Å²) in [6, 6.07) is 12.4. The molecular weight excluding hydrogens is 680 g/mol. The maximum Gasteiger partial charge on any atom is 0.335 e. The Kier molecular flexibility index (Phi) is 10.1. The third-order valence-corrected chi connectivity index (χ3v) is 8.02. The van der Waals surface area contributed by atoms with Crippen molar-refractivity contribution in [1.29, 1.82) is 0 Å². The number of hydrogen-bond donors (Lipinski definition) is 4. The first-order valence-electron chi connectivity index (χ1n) is 15.8. The van der Waals surface area contributed by atoms with Gasteiger partial charge in [-0.05, 0) is 49.2 Å². The van der Waals surface area contributed by atoms with Crippen LogP contribution in [0.5, 0.6) is 23.0 Å². The molecule has 264 valence electrons. The number of benzene rings is 4. The van der Waals surface area contributed by atoms with Gasteiger partial charge in [0.25, 0.3) is 0 Å². The SMILES string of the molecule is CCCC(=O)Oc1cccc2c1C(=O)c1c(OC(=O)CCC)cc(C(=O)O)cc1C2=O.O=C(O)c1cc(O)c2c(c1)C(=O)c1cccc(O)c1C2=O. The first-order valence-corrected chi connectivity index (χ1v) is 15.8. The number of carboxylic acids is 2. The largest absolute Gasteiger partial charge is 0.507 e. The van der Waals surface area contributed by atoms with Gasteiger partial charge in [0.2, 0.25) is 11.6 Å². The number of esters is 2. The predicted octanol–water partition coefficient (Wildman–Crippen LogP) is 5.14. The molecule has 0 aliphatic heterocycles. The molecule has 4 aromatic rings. The Hall–Kier alpha value is -6.96. The highest BCUT2D eigenvalue weighted by Crippen LogP contribution is 2.39. The molecule has 0 heterocycles. The summed E-state index contributed by atoms with van der Waals surface area (Å²) >= 11 is 0. The van der Waals surface area contributed by atoms with E-state index >= 15 is 0 Å². The monoisotopic (exact) mass is 708 g/mol. The summed E-state index contributed by atoms with van der Waals surface area (Å²) < 4.78 is 10.5. The Labute approximate surface area is 293 Å². The van der Waals surface area contributed by atoms with Crippen LogP contribution in [-0.4, -0.2) is 67.4 Å². The lowest BCUT2D eigenvalue weighted by Crippen LogP contribution is -2.25. The van der Waals surface area contributed by atoms with E-state index in [0.717, 1.165) is 24.3 Å². The smallest absolute Gasteiger partial charge is 0.335 e. The van der Waals surface area contributed by atoms with Crippen LogP contribution in [0.3, 0.4) is 0 Å². The van der Waals surface area contributed by atoms with Crippen LogP contribution in [0, 0.1) is 0 Å². The van der Waals surface area contributed by atoms with Gasteiger partial charge in [0.15, 0.2) is 11.6 Å². The normalized spacial score (nSPS) is 12.3. The van der Waals surface area contributed by atoms with Crippen LogP contribution in [0.1, 0.15) is 124 Å². The number of carbonyl (C=O) groups excluding carboxylic acids is 6. The Morgan fingerprint density at radius 1 is 0.519 bits per heavy atom. The van der Waals surface area contributed by atoms with E-state index in [1.807, 2.05) is 0 Å². The summed E-state index contributed by atoms with van der Waals surface area (Å²) in [5.41, 5.74) is -1.84. The zero-order chi connectivity index (χ0) is 38.0. The molecule has 2 aliphatic rings. The molecule has 14 nitrogen and oxygen atoms in total. The molecule has 0 fully saturated rings. The van der Waals surface area contributed by atoms with Crippen molar-refractivity contribution in [3.8, 4) is 23.0 Å². The minimum Gasteiger partial charge on any atom is -0.507 e. The summed E-state index contributed by atoms with van der Waals surface area (Å²) in [6.45, 7) is 3.55. The quantitative estimate of drug-likeness (QED) is 0.118. The highest BCUT2D eigenvalue weighted by Gasteiger charge is 2.37. The number of fused-ring (bicyclic) bond motifs is 4. The van der Waals surface area contributed by atoms with Gasteiger partial charge >= 0.3 is 23.9 Å². The zero-order valence-electron chi connectivity index (χ0n) is 27.5. The molecular formula is C38H28O14. The van der Waals surface area contributed by atoms with E-state index in [-0.39, 0.29) is 85.7 Å². The van der Waals surface area contributed by atoms with Gasteiger partial charge in [-0.25, -0.2) is 9.59 Å². The van der Waals surface area contributed by atoms with Gasteiger partial charge < -0.3 is 29.9 Å². The molecule has 52 heavy (non-hydrogen) atoms. The molecule has 6 rings (SSSR count). The number of phenolic OH excluding ortho intramolecular Hbond substituents is 2. The molecule has 0 bridgehead atoms. The fourth-order valence-corrected chi connectivity index (χ4v) is 5.70. The van der Waals surface area contributed by atoms with Crippen LogP contribution < -0.4 is 9.47 Å². The summed E-state index contributed by atoms with van der Waals surface area (Å²) in [5, 5.41) is 38.0. The van der Waals surface area contributed by atoms with Crippen LogP contribution in [0.4, 0.5) is 0 Å². The van der Waals surface area contributed by atoms with Crippen molar-refractivity contribution in [3.05, 3.63) is 116 Å². The molecule has 4 N–H and O–H groups in total. The molecule has 0 unspecified atom stereocenters. The lowest BCUT2D eigenvalue weighted by molar-refractivity contribution is -0.135. The Bertz CT molecular complexity index is 2260. The summed E-state index contributed by atoms with van der Waals surface area (Å²) in [7, 11) is 0. The van der Waals surface area contributed by atoms with E-state index in [1.165, 1.54) is 36.4 Å². The van der Waals surface area contributed by atoms with E-state index < -0.39 is 52.8 Å². The van der Waals surface area contributed by atoms with Gasteiger partial charge in [0.05, 0.1) is 33.4 Å². The van der Waals surface area contributed by atoms with Crippen LogP contribution in [0.15, 0.2) is 60.7 Å². The summed E-state index contributed by atoms with van der Waals surface area (Å²) in [6.07, 6.45) is 1.20. The Morgan fingerprint density at radius 3 is 1.52 bits per heavy atom. The minimum absolute atomic E-state index is 0.0190. The van der Waals surface area contributed by atoms with Crippen molar-refractivity contribution in [1.82, 2.24) is 0 Å². The molecule has 0 aromatic heterocycles. The number of carbonyl (C=O) groups is 8. The van der Waals surface area contributed by atoms with Crippen LogP contribution in [-0.2, 0) is 9.59 Å². The molecule has 0 radical (unpaired) electrons.